The summed E-state index contributed by atoms with van der Waals surface area (Å²) in [5.74, 6) is 0.402. The first-order valence-electron chi connectivity index (χ1n) is 5.33. The Morgan fingerprint density at radius 2 is 1.56 bits per heavy atom. The normalized spacial score (nSPS) is 9.28. The third kappa shape index (κ3) is 2.66. The van der Waals surface area contributed by atoms with Crippen molar-refractivity contribution < 1.29 is 9.53 Å². The highest BCUT2D eigenvalue weighted by molar-refractivity contribution is 5.91. The van der Waals surface area contributed by atoms with Crippen molar-refractivity contribution in [2.24, 2.45) is 0 Å². The molecule has 0 N–H and O–H groups in total. The summed E-state index contributed by atoms with van der Waals surface area (Å²) in [6, 6.07) is 17.2. The van der Waals surface area contributed by atoms with Gasteiger partial charge in [-0.15, -0.1) is 0 Å². The monoisotopic (exact) mass is 238 g/mol. The van der Waals surface area contributed by atoms with Gasteiger partial charge in [-0.3, -0.25) is 0 Å². The zero-order chi connectivity index (χ0) is 12.8. The lowest BCUT2D eigenvalue weighted by Gasteiger charge is -2.13. The lowest BCUT2D eigenvalue weighted by Crippen LogP contribution is -2.28. The molecule has 0 aliphatic heterocycles. The van der Waals surface area contributed by atoms with Gasteiger partial charge in [0.2, 0.25) is 0 Å². The number of rotatable bonds is 2. The quantitative estimate of drug-likeness (QED) is 0.596. The number of nitriles is 1. The lowest BCUT2D eigenvalue weighted by atomic mass is 10.3. The lowest BCUT2D eigenvalue weighted by molar-refractivity contribution is 0.210. The van der Waals surface area contributed by atoms with Crippen molar-refractivity contribution in [3.05, 3.63) is 60.7 Å². The van der Waals surface area contributed by atoms with E-state index in [1.807, 2.05) is 12.1 Å². The minimum atomic E-state index is -0.727. The molecular formula is C14H10N2O2. The van der Waals surface area contributed by atoms with Gasteiger partial charge >= 0.3 is 6.09 Å². The highest BCUT2D eigenvalue weighted by atomic mass is 16.6. The van der Waals surface area contributed by atoms with Crippen molar-refractivity contribution in [1.82, 2.24) is 0 Å². The Labute approximate surface area is 105 Å². The number of ether oxygens (including phenoxy) is 1. The third-order valence-electron chi connectivity index (χ3n) is 2.25. The van der Waals surface area contributed by atoms with E-state index in [2.05, 4.69) is 0 Å². The summed E-state index contributed by atoms with van der Waals surface area (Å²) in [4.78, 5) is 12.7. The molecule has 0 saturated heterocycles. The average Bonchev–Trinajstić information content (AvgIpc) is 2.42. The van der Waals surface area contributed by atoms with E-state index >= 15 is 0 Å². The highest BCUT2D eigenvalue weighted by Crippen LogP contribution is 2.16. The van der Waals surface area contributed by atoms with Crippen molar-refractivity contribution >= 4 is 11.8 Å². The van der Waals surface area contributed by atoms with Crippen LogP contribution in [0.3, 0.4) is 0 Å². The molecule has 0 radical (unpaired) electrons. The maximum atomic E-state index is 11.8. The summed E-state index contributed by atoms with van der Waals surface area (Å²) in [6.45, 7) is 0. The van der Waals surface area contributed by atoms with E-state index in [4.69, 9.17) is 10.00 Å². The van der Waals surface area contributed by atoms with E-state index in [0.29, 0.717) is 11.4 Å². The van der Waals surface area contributed by atoms with Crippen molar-refractivity contribution in [2.45, 2.75) is 0 Å². The molecule has 0 aliphatic carbocycles. The van der Waals surface area contributed by atoms with Crippen molar-refractivity contribution in [3.8, 4) is 11.9 Å². The maximum absolute atomic E-state index is 11.8. The number of nitrogens with zero attached hydrogens (tertiary/aromatic N) is 2. The van der Waals surface area contributed by atoms with E-state index in [-0.39, 0.29) is 0 Å². The first-order chi connectivity index (χ1) is 8.81. The van der Waals surface area contributed by atoms with Gasteiger partial charge in [-0.2, -0.15) is 10.2 Å². The fourth-order valence-corrected chi connectivity index (χ4v) is 1.42. The molecule has 88 valence electrons. The number of amides is 1. The fraction of sp³-hybridized carbons (Fsp3) is 0. The molecular weight excluding hydrogens is 228 g/mol. The molecule has 4 heteroatoms. The van der Waals surface area contributed by atoms with Crippen LogP contribution in [0.25, 0.3) is 0 Å². The van der Waals surface area contributed by atoms with Gasteiger partial charge in [0.15, 0.2) is 6.19 Å². The van der Waals surface area contributed by atoms with Crippen molar-refractivity contribution in [2.75, 3.05) is 4.90 Å². The zero-order valence-electron chi connectivity index (χ0n) is 9.48. The van der Waals surface area contributed by atoms with Gasteiger partial charge in [0.05, 0.1) is 5.69 Å². The van der Waals surface area contributed by atoms with Gasteiger partial charge in [0.25, 0.3) is 0 Å². The van der Waals surface area contributed by atoms with Gasteiger partial charge in [-0.1, -0.05) is 36.4 Å². The second kappa shape index (κ2) is 5.51. The van der Waals surface area contributed by atoms with Crippen LogP contribution in [0, 0.1) is 11.5 Å². The van der Waals surface area contributed by atoms with Crippen LogP contribution in [0.15, 0.2) is 60.7 Å². The van der Waals surface area contributed by atoms with Gasteiger partial charge in [0.1, 0.15) is 5.75 Å². The van der Waals surface area contributed by atoms with Crippen LogP contribution >= 0.6 is 0 Å². The van der Waals surface area contributed by atoms with Gasteiger partial charge in [-0.05, 0) is 24.3 Å². The topological polar surface area (TPSA) is 53.3 Å². The smallest absolute Gasteiger partial charge is 0.409 e. The number of carbonyl (C=O) groups is 1. The molecule has 0 unspecified atom stereocenters. The van der Waals surface area contributed by atoms with E-state index in [1.54, 1.807) is 54.7 Å². The third-order valence-corrected chi connectivity index (χ3v) is 2.25. The van der Waals surface area contributed by atoms with Gasteiger partial charge < -0.3 is 4.74 Å². The first-order valence-corrected chi connectivity index (χ1v) is 5.33. The molecule has 2 rings (SSSR count). The Morgan fingerprint density at radius 1 is 1.00 bits per heavy atom. The van der Waals surface area contributed by atoms with E-state index < -0.39 is 6.09 Å². The van der Waals surface area contributed by atoms with E-state index in [1.165, 1.54) is 0 Å². The number of hydrogen-bond acceptors (Lipinski definition) is 3. The van der Waals surface area contributed by atoms with Crippen molar-refractivity contribution in [1.29, 1.82) is 5.26 Å². The number of anilines is 1. The molecule has 0 aliphatic rings. The van der Waals surface area contributed by atoms with Crippen LogP contribution in [0.4, 0.5) is 10.5 Å². The summed E-state index contributed by atoms with van der Waals surface area (Å²) in [6.07, 6.45) is 1.07. The minimum Gasteiger partial charge on any atom is -0.409 e. The summed E-state index contributed by atoms with van der Waals surface area (Å²) in [7, 11) is 0. The molecule has 0 heterocycles. The molecule has 0 aromatic heterocycles. The van der Waals surface area contributed by atoms with Gasteiger partial charge in [-0.25, -0.2) is 4.79 Å². The first kappa shape index (κ1) is 11.7. The van der Waals surface area contributed by atoms with E-state index in [0.717, 1.165) is 4.90 Å². The molecule has 4 nitrogen and oxygen atoms in total. The van der Waals surface area contributed by atoms with E-state index in [9.17, 15) is 4.79 Å². The second-order valence-electron chi connectivity index (χ2n) is 3.45. The molecule has 18 heavy (non-hydrogen) atoms. The van der Waals surface area contributed by atoms with Crippen LogP contribution in [0.1, 0.15) is 0 Å². The SMILES string of the molecule is N#CN(C(=O)Oc1ccccc1)c1ccccc1. The molecule has 2 aromatic carbocycles. The Morgan fingerprint density at radius 3 is 2.11 bits per heavy atom. The van der Waals surface area contributed by atoms with Crippen molar-refractivity contribution in [3.63, 3.8) is 0 Å². The molecule has 0 saturated carbocycles. The molecule has 2 aromatic rings. The molecule has 1 amide bonds. The standard InChI is InChI=1S/C14H10N2O2/c15-11-16(12-7-3-1-4-8-12)14(17)18-13-9-5-2-6-10-13/h1-10H. The number of para-hydroxylation sites is 2. The Balaban J connectivity index is 2.15. The molecule has 0 spiro atoms. The second-order valence-corrected chi connectivity index (χ2v) is 3.45. The summed E-state index contributed by atoms with van der Waals surface area (Å²) in [5, 5.41) is 9.00. The summed E-state index contributed by atoms with van der Waals surface area (Å²) in [5.41, 5.74) is 0.473. The predicted molar refractivity (Wildman–Crippen MR) is 67.0 cm³/mol. The molecule has 0 fully saturated rings. The van der Waals surface area contributed by atoms with Gasteiger partial charge in [0, 0.05) is 0 Å². The number of hydrogen-bond donors (Lipinski definition) is 0. The fourth-order valence-electron chi connectivity index (χ4n) is 1.42. The maximum Gasteiger partial charge on any atom is 0.433 e. The largest absolute Gasteiger partial charge is 0.433 e. The predicted octanol–water partition coefficient (Wildman–Crippen LogP) is 3.17. The zero-order valence-corrected chi connectivity index (χ0v) is 9.48. The molecule has 0 atom stereocenters. The van der Waals surface area contributed by atoms with Crippen LogP contribution in [-0.2, 0) is 0 Å². The molecule has 0 bridgehead atoms. The summed E-state index contributed by atoms with van der Waals surface area (Å²) < 4.78 is 5.09. The Hall–Kier alpha value is -2.80. The highest BCUT2D eigenvalue weighted by Gasteiger charge is 2.17. The Kier molecular flexibility index (Phi) is 3.57. The number of benzene rings is 2. The van der Waals surface area contributed by atoms with Crippen LogP contribution < -0.4 is 9.64 Å². The average molecular weight is 238 g/mol. The number of carbonyl (C=O) groups excluding carboxylic acids is 1. The van der Waals surface area contributed by atoms with Crippen LogP contribution in [0.2, 0.25) is 0 Å². The van der Waals surface area contributed by atoms with Crippen LogP contribution in [0.5, 0.6) is 5.75 Å². The minimum absolute atomic E-state index is 0.402. The Bertz CT molecular complexity index is 561. The summed E-state index contributed by atoms with van der Waals surface area (Å²) >= 11 is 0. The van der Waals surface area contributed by atoms with Crippen LogP contribution in [-0.4, -0.2) is 6.09 Å².